The molecule has 1 spiro atoms. The third-order valence-electron chi connectivity index (χ3n) is 4.90. The number of nitrogens with one attached hydrogen (secondary N) is 1. The standard InChI is InChI=1S/C17H20N4O3/c22-16(15-3-7-19-20-15)21-11-17(12-21)13(5-9-24-17)4-8-23-14-2-1-6-18-10-14/h1-3,6-7,10,13H,4-5,8-9,11-12H2,(H,19,20)/t13-/m1/s1. The van der Waals surface area contributed by atoms with Gasteiger partial charge in [0.25, 0.3) is 5.91 Å². The lowest BCUT2D eigenvalue weighted by atomic mass is 9.79. The number of carbonyl (C=O) groups excluding carboxylic acids is 1. The van der Waals surface area contributed by atoms with Gasteiger partial charge in [-0.15, -0.1) is 0 Å². The minimum atomic E-state index is -0.200. The third-order valence-corrected chi connectivity index (χ3v) is 4.90. The molecule has 4 heterocycles. The van der Waals surface area contributed by atoms with Gasteiger partial charge in [0, 0.05) is 19.0 Å². The van der Waals surface area contributed by atoms with Crippen LogP contribution in [-0.4, -0.2) is 57.9 Å². The van der Waals surface area contributed by atoms with Crippen LogP contribution in [0.2, 0.25) is 0 Å². The van der Waals surface area contributed by atoms with E-state index in [0.29, 0.717) is 31.3 Å². The van der Waals surface area contributed by atoms with E-state index in [1.54, 1.807) is 24.7 Å². The van der Waals surface area contributed by atoms with E-state index >= 15 is 0 Å². The van der Waals surface area contributed by atoms with Crippen molar-refractivity contribution in [3.05, 3.63) is 42.5 Å². The van der Waals surface area contributed by atoms with Crippen LogP contribution in [0.3, 0.4) is 0 Å². The Morgan fingerprint density at radius 3 is 3.08 bits per heavy atom. The zero-order valence-electron chi connectivity index (χ0n) is 13.4. The molecule has 24 heavy (non-hydrogen) atoms. The summed E-state index contributed by atoms with van der Waals surface area (Å²) >= 11 is 0. The summed E-state index contributed by atoms with van der Waals surface area (Å²) < 4.78 is 11.8. The van der Waals surface area contributed by atoms with Crippen molar-refractivity contribution >= 4 is 5.91 Å². The molecule has 2 aromatic heterocycles. The molecule has 0 radical (unpaired) electrons. The number of nitrogens with zero attached hydrogens (tertiary/aromatic N) is 3. The van der Waals surface area contributed by atoms with Crippen molar-refractivity contribution in [3.63, 3.8) is 0 Å². The lowest BCUT2D eigenvalue weighted by Gasteiger charge is -2.50. The number of aromatic nitrogens is 3. The average molecular weight is 328 g/mol. The fourth-order valence-corrected chi connectivity index (χ4v) is 3.58. The summed E-state index contributed by atoms with van der Waals surface area (Å²) in [7, 11) is 0. The first-order valence-corrected chi connectivity index (χ1v) is 8.22. The molecular formula is C17H20N4O3. The molecule has 2 aliphatic heterocycles. The molecule has 4 rings (SSSR count). The van der Waals surface area contributed by atoms with Crippen molar-refractivity contribution in [2.24, 2.45) is 5.92 Å². The second kappa shape index (κ2) is 6.24. The first-order chi connectivity index (χ1) is 11.8. The first kappa shape index (κ1) is 15.1. The molecule has 0 bridgehead atoms. The Labute approximate surface area is 140 Å². The molecule has 2 aliphatic rings. The van der Waals surface area contributed by atoms with Crippen LogP contribution in [0.15, 0.2) is 36.8 Å². The number of H-pyrrole nitrogens is 1. The Hall–Kier alpha value is -2.41. The predicted molar refractivity (Wildman–Crippen MR) is 85.6 cm³/mol. The zero-order chi connectivity index (χ0) is 16.4. The smallest absolute Gasteiger partial charge is 0.272 e. The van der Waals surface area contributed by atoms with E-state index in [4.69, 9.17) is 9.47 Å². The molecule has 0 aliphatic carbocycles. The molecular weight excluding hydrogens is 308 g/mol. The highest BCUT2D eigenvalue weighted by molar-refractivity contribution is 5.93. The van der Waals surface area contributed by atoms with Crippen molar-refractivity contribution in [2.45, 2.75) is 18.4 Å². The van der Waals surface area contributed by atoms with E-state index in [2.05, 4.69) is 15.2 Å². The topological polar surface area (TPSA) is 80.3 Å². The number of hydrogen-bond acceptors (Lipinski definition) is 5. The number of carbonyl (C=O) groups is 1. The van der Waals surface area contributed by atoms with Crippen LogP contribution >= 0.6 is 0 Å². The first-order valence-electron chi connectivity index (χ1n) is 8.22. The summed E-state index contributed by atoms with van der Waals surface area (Å²) in [5.41, 5.74) is 0.327. The molecule has 7 nitrogen and oxygen atoms in total. The summed E-state index contributed by atoms with van der Waals surface area (Å²) in [4.78, 5) is 18.2. The SMILES string of the molecule is O=C(c1ccn[nH]1)N1CC2(C1)OCC[C@H]2CCOc1cccnc1. The average Bonchev–Trinajstić information content (AvgIpc) is 3.24. The number of rotatable bonds is 5. The molecule has 1 atom stereocenters. The van der Waals surface area contributed by atoms with Crippen molar-refractivity contribution in [3.8, 4) is 5.75 Å². The van der Waals surface area contributed by atoms with Crippen LogP contribution in [0.5, 0.6) is 5.75 Å². The van der Waals surface area contributed by atoms with Gasteiger partial charge in [-0.05, 0) is 37.0 Å². The summed E-state index contributed by atoms with van der Waals surface area (Å²) in [6.07, 6.45) is 6.97. The van der Waals surface area contributed by atoms with Gasteiger partial charge in [-0.2, -0.15) is 5.10 Å². The third kappa shape index (κ3) is 2.75. The molecule has 1 amide bonds. The van der Waals surface area contributed by atoms with E-state index in [0.717, 1.165) is 25.2 Å². The molecule has 0 saturated carbocycles. The number of amides is 1. The molecule has 7 heteroatoms. The fourth-order valence-electron chi connectivity index (χ4n) is 3.58. The van der Waals surface area contributed by atoms with Gasteiger partial charge in [0.15, 0.2) is 0 Å². The lowest BCUT2D eigenvalue weighted by Crippen LogP contribution is -2.66. The van der Waals surface area contributed by atoms with Crippen molar-refractivity contribution in [2.75, 3.05) is 26.3 Å². The van der Waals surface area contributed by atoms with Crippen molar-refractivity contribution in [1.29, 1.82) is 0 Å². The zero-order valence-corrected chi connectivity index (χ0v) is 13.4. The second-order valence-electron chi connectivity index (χ2n) is 6.36. The Kier molecular flexibility index (Phi) is 3.93. The maximum Gasteiger partial charge on any atom is 0.272 e. The van der Waals surface area contributed by atoms with Crippen LogP contribution in [0.4, 0.5) is 0 Å². The molecule has 126 valence electrons. The number of aromatic amines is 1. The van der Waals surface area contributed by atoms with Gasteiger partial charge < -0.3 is 14.4 Å². The number of ether oxygens (including phenoxy) is 2. The normalized spacial score (nSPS) is 21.7. The van der Waals surface area contributed by atoms with Gasteiger partial charge in [-0.25, -0.2) is 0 Å². The maximum absolute atomic E-state index is 12.3. The van der Waals surface area contributed by atoms with Gasteiger partial charge in [-0.1, -0.05) is 0 Å². The van der Waals surface area contributed by atoms with E-state index < -0.39 is 0 Å². The highest BCUT2D eigenvalue weighted by Gasteiger charge is 2.54. The van der Waals surface area contributed by atoms with Gasteiger partial charge in [-0.3, -0.25) is 14.9 Å². The van der Waals surface area contributed by atoms with Crippen LogP contribution < -0.4 is 4.74 Å². The van der Waals surface area contributed by atoms with Gasteiger partial charge in [0.1, 0.15) is 17.0 Å². The molecule has 2 saturated heterocycles. The molecule has 1 N–H and O–H groups in total. The highest BCUT2D eigenvalue weighted by atomic mass is 16.5. The van der Waals surface area contributed by atoms with Crippen LogP contribution in [0, 0.1) is 5.92 Å². The summed E-state index contributed by atoms with van der Waals surface area (Å²) in [6.45, 7) is 2.67. The lowest BCUT2D eigenvalue weighted by molar-refractivity contribution is -0.119. The minimum Gasteiger partial charge on any atom is -0.492 e. The van der Waals surface area contributed by atoms with E-state index in [9.17, 15) is 4.79 Å². The number of likely N-dealkylation sites (tertiary alicyclic amines) is 1. The monoisotopic (exact) mass is 328 g/mol. The predicted octanol–water partition coefficient (Wildman–Crippen LogP) is 1.50. The molecule has 2 aromatic rings. The van der Waals surface area contributed by atoms with Gasteiger partial charge in [0.2, 0.25) is 0 Å². The second-order valence-corrected chi connectivity index (χ2v) is 6.36. The van der Waals surface area contributed by atoms with Crippen LogP contribution in [0.1, 0.15) is 23.3 Å². The fraction of sp³-hybridized carbons (Fsp3) is 0.471. The summed E-state index contributed by atoms with van der Waals surface area (Å²) in [5, 5.41) is 6.55. The molecule has 2 fully saturated rings. The Morgan fingerprint density at radius 2 is 2.33 bits per heavy atom. The Bertz CT molecular complexity index is 683. The Balaban J connectivity index is 1.30. The quantitative estimate of drug-likeness (QED) is 0.900. The largest absolute Gasteiger partial charge is 0.492 e. The van der Waals surface area contributed by atoms with Crippen LogP contribution in [0.25, 0.3) is 0 Å². The van der Waals surface area contributed by atoms with Gasteiger partial charge >= 0.3 is 0 Å². The minimum absolute atomic E-state index is 0.0148. The van der Waals surface area contributed by atoms with Crippen molar-refractivity contribution in [1.82, 2.24) is 20.1 Å². The highest BCUT2D eigenvalue weighted by Crippen LogP contribution is 2.42. The van der Waals surface area contributed by atoms with Gasteiger partial charge in [0.05, 0.1) is 25.9 Å². The van der Waals surface area contributed by atoms with E-state index in [-0.39, 0.29) is 11.5 Å². The number of pyridine rings is 1. The summed E-state index contributed by atoms with van der Waals surface area (Å²) in [5.74, 6) is 1.19. The van der Waals surface area contributed by atoms with E-state index in [1.807, 2.05) is 17.0 Å². The van der Waals surface area contributed by atoms with Crippen molar-refractivity contribution < 1.29 is 14.3 Å². The van der Waals surface area contributed by atoms with E-state index in [1.165, 1.54) is 0 Å². The molecule has 0 aromatic carbocycles. The molecule has 0 unspecified atom stereocenters. The number of hydrogen-bond donors (Lipinski definition) is 1. The summed E-state index contributed by atoms with van der Waals surface area (Å²) in [6, 6.07) is 5.46. The van der Waals surface area contributed by atoms with Crippen LogP contribution in [-0.2, 0) is 4.74 Å². The Morgan fingerprint density at radius 1 is 1.42 bits per heavy atom. The maximum atomic E-state index is 12.3.